The summed E-state index contributed by atoms with van der Waals surface area (Å²) < 4.78 is 12.5. The monoisotopic (exact) mass is 308 g/mol. The Balaban J connectivity index is 1.95. The van der Waals surface area contributed by atoms with Gasteiger partial charge in [-0.2, -0.15) is 5.10 Å². The molecule has 1 N–H and O–H groups in total. The Morgan fingerprint density at radius 2 is 1.68 bits per heavy atom. The third kappa shape index (κ3) is 3.23. The van der Waals surface area contributed by atoms with Gasteiger partial charge in [-0.25, -0.2) is 0 Å². The summed E-state index contributed by atoms with van der Waals surface area (Å²) in [6, 6.07) is 19.4. The van der Waals surface area contributed by atoms with Crippen molar-refractivity contribution < 1.29 is 4.21 Å². The molecule has 3 aromatic rings. The predicted molar refractivity (Wildman–Crippen MR) is 89.9 cm³/mol. The lowest BCUT2D eigenvalue weighted by molar-refractivity contribution is 0.682. The highest BCUT2D eigenvalue weighted by atomic mass is 32.2. The van der Waals surface area contributed by atoms with Crippen LogP contribution in [-0.4, -0.2) is 14.4 Å². The van der Waals surface area contributed by atoms with Crippen molar-refractivity contribution in [1.82, 2.24) is 10.2 Å². The van der Waals surface area contributed by atoms with Crippen LogP contribution in [-0.2, 0) is 16.6 Å². The molecule has 3 rings (SSSR count). The highest BCUT2D eigenvalue weighted by Crippen LogP contribution is 2.08. The van der Waals surface area contributed by atoms with E-state index >= 15 is 0 Å². The highest BCUT2D eigenvalue weighted by Gasteiger charge is 2.08. The average Bonchev–Trinajstić information content (AvgIpc) is 2.90. The van der Waals surface area contributed by atoms with Crippen LogP contribution < -0.4 is 10.6 Å². The number of rotatable bonds is 4. The summed E-state index contributed by atoms with van der Waals surface area (Å²) in [7, 11) is -1.12. The molecular weight excluding hydrogens is 292 g/mol. The summed E-state index contributed by atoms with van der Waals surface area (Å²) in [6.07, 6.45) is 2.02. The molecule has 1 heterocycles. The zero-order valence-electron chi connectivity index (χ0n) is 12.0. The summed E-state index contributed by atoms with van der Waals surface area (Å²) in [6.45, 7) is 3.97. The Kier molecular flexibility index (Phi) is 4.30. The molecule has 0 saturated heterocycles. The van der Waals surface area contributed by atoms with Gasteiger partial charge in [0.15, 0.2) is 0 Å². The lowest BCUT2D eigenvalue weighted by Crippen LogP contribution is -2.24. The zero-order chi connectivity index (χ0) is 15.4. The van der Waals surface area contributed by atoms with Gasteiger partial charge in [0.1, 0.15) is 0 Å². The molecule has 0 fully saturated rings. The summed E-state index contributed by atoms with van der Waals surface area (Å²) in [5.41, 5.74) is 1.84. The van der Waals surface area contributed by atoms with Crippen LogP contribution in [0.25, 0.3) is 12.7 Å². The summed E-state index contributed by atoms with van der Waals surface area (Å²) >= 11 is 0. The van der Waals surface area contributed by atoms with Crippen molar-refractivity contribution in [1.29, 1.82) is 0 Å². The van der Waals surface area contributed by atoms with Crippen LogP contribution in [0.2, 0.25) is 0 Å². The molecule has 0 saturated carbocycles. The van der Waals surface area contributed by atoms with Gasteiger partial charge in [-0.1, -0.05) is 55.1 Å². The normalized spacial score (nSPS) is 13.2. The molecule has 0 aliphatic heterocycles. The maximum absolute atomic E-state index is 12.5. The molecule has 0 bridgehead atoms. The summed E-state index contributed by atoms with van der Waals surface area (Å²) in [4.78, 5) is 0.807. The van der Waals surface area contributed by atoms with Crippen LogP contribution in [0.15, 0.2) is 65.6 Å². The second-order valence-corrected chi connectivity index (χ2v) is 6.37. The van der Waals surface area contributed by atoms with E-state index in [2.05, 4.69) is 16.8 Å². The third-order valence-electron chi connectivity index (χ3n) is 3.35. The van der Waals surface area contributed by atoms with Gasteiger partial charge in [-0.3, -0.25) is 9.31 Å². The van der Waals surface area contributed by atoms with Gasteiger partial charge in [-0.05, 0) is 23.8 Å². The molecule has 1 aromatic heterocycles. The van der Waals surface area contributed by atoms with Crippen molar-refractivity contribution in [2.45, 2.75) is 10.6 Å². The first-order valence-electron chi connectivity index (χ1n) is 6.96. The van der Waals surface area contributed by atoms with E-state index < -0.39 is 10.8 Å². The first-order valence-corrected chi connectivity index (χ1v) is 8.28. The minimum absolute atomic E-state index is 0.370. The molecule has 0 amide bonds. The van der Waals surface area contributed by atoms with Crippen molar-refractivity contribution in [2.75, 3.05) is 0 Å². The van der Waals surface area contributed by atoms with Crippen LogP contribution in [0.1, 0.15) is 11.3 Å². The number of aromatic amines is 1. The van der Waals surface area contributed by atoms with Crippen LogP contribution in [0.5, 0.6) is 0 Å². The molecule has 0 aliphatic carbocycles. The van der Waals surface area contributed by atoms with Gasteiger partial charge in [-0.15, -0.1) is 0 Å². The molecule has 22 heavy (non-hydrogen) atoms. The first-order chi connectivity index (χ1) is 10.7. The number of hydrogen-bond acceptors (Lipinski definition) is 2. The van der Waals surface area contributed by atoms with Crippen molar-refractivity contribution in [3.05, 3.63) is 82.5 Å². The molecule has 0 radical (unpaired) electrons. The SMILES string of the molecule is C=c1[nH]nc(CS(=O)c2ccccc2)/c1=C\c1ccccc1. The van der Waals surface area contributed by atoms with Crippen LogP contribution in [0.4, 0.5) is 0 Å². The number of H-pyrrole nitrogens is 1. The largest absolute Gasteiger partial charge is 0.278 e. The quantitative estimate of drug-likeness (QED) is 0.801. The van der Waals surface area contributed by atoms with Crippen LogP contribution >= 0.6 is 0 Å². The smallest absolute Gasteiger partial charge is 0.0829 e. The molecular formula is C18H16N2OS. The molecule has 2 aromatic carbocycles. The van der Waals surface area contributed by atoms with E-state index in [-0.39, 0.29) is 0 Å². The number of hydrogen-bond donors (Lipinski definition) is 1. The lowest BCUT2D eigenvalue weighted by atomic mass is 10.2. The van der Waals surface area contributed by atoms with E-state index in [9.17, 15) is 4.21 Å². The Bertz CT molecular complexity index is 886. The topological polar surface area (TPSA) is 45.8 Å². The first kappa shape index (κ1) is 14.5. The maximum Gasteiger partial charge on any atom is 0.0829 e. The fourth-order valence-electron chi connectivity index (χ4n) is 2.21. The Morgan fingerprint density at radius 1 is 1.05 bits per heavy atom. The fourth-order valence-corrected chi connectivity index (χ4v) is 3.30. The van der Waals surface area contributed by atoms with E-state index in [1.165, 1.54) is 0 Å². The molecule has 0 aliphatic rings. The Labute approximate surface area is 131 Å². The molecule has 1 unspecified atom stereocenters. The second-order valence-electron chi connectivity index (χ2n) is 4.92. The minimum Gasteiger partial charge on any atom is -0.278 e. The van der Waals surface area contributed by atoms with Gasteiger partial charge in [0.05, 0.1) is 27.6 Å². The van der Waals surface area contributed by atoms with Gasteiger partial charge in [0, 0.05) is 10.1 Å². The fraction of sp³-hybridized carbons (Fsp3) is 0.0556. The van der Waals surface area contributed by atoms with Gasteiger partial charge in [0.2, 0.25) is 0 Å². The third-order valence-corrected chi connectivity index (χ3v) is 4.68. The molecule has 1 atom stereocenters. The van der Waals surface area contributed by atoms with E-state index in [0.29, 0.717) is 5.75 Å². The van der Waals surface area contributed by atoms with E-state index in [1.807, 2.05) is 66.7 Å². The van der Waals surface area contributed by atoms with Crippen molar-refractivity contribution in [3.8, 4) is 0 Å². The van der Waals surface area contributed by atoms with E-state index in [0.717, 1.165) is 26.7 Å². The minimum atomic E-state index is -1.12. The van der Waals surface area contributed by atoms with Gasteiger partial charge >= 0.3 is 0 Å². The zero-order valence-corrected chi connectivity index (χ0v) is 12.8. The van der Waals surface area contributed by atoms with Crippen molar-refractivity contribution in [2.24, 2.45) is 0 Å². The van der Waals surface area contributed by atoms with E-state index in [4.69, 9.17) is 0 Å². The van der Waals surface area contributed by atoms with Gasteiger partial charge in [0.25, 0.3) is 0 Å². The molecule has 3 nitrogen and oxygen atoms in total. The number of aromatic nitrogens is 2. The molecule has 4 heteroatoms. The van der Waals surface area contributed by atoms with Crippen LogP contribution in [0.3, 0.4) is 0 Å². The Morgan fingerprint density at radius 3 is 2.36 bits per heavy atom. The standard InChI is InChI=1S/C18H16N2OS/c1-14-17(12-15-8-4-2-5-9-15)18(20-19-14)13-22(21)16-10-6-3-7-11-16/h2-12,19H,1,13H2/b17-12-. The van der Waals surface area contributed by atoms with Crippen molar-refractivity contribution >= 4 is 23.5 Å². The summed E-state index contributed by atoms with van der Waals surface area (Å²) in [5.74, 6) is 0.370. The summed E-state index contributed by atoms with van der Waals surface area (Å²) in [5, 5.41) is 8.81. The molecule has 0 spiro atoms. The number of nitrogens with zero attached hydrogens (tertiary/aromatic N) is 1. The average molecular weight is 308 g/mol. The Hall–Kier alpha value is -2.46. The van der Waals surface area contributed by atoms with Crippen molar-refractivity contribution in [3.63, 3.8) is 0 Å². The number of benzene rings is 2. The lowest BCUT2D eigenvalue weighted by Gasteiger charge is -1.99. The highest BCUT2D eigenvalue weighted by molar-refractivity contribution is 7.84. The number of nitrogens with one attached hydrogen (secondary N) is 1. The van der Waals surface area contributed by atoms with Gasteiger partial charge < -0.3 is 0 Å². The second kappa shape index (κ2) is 6.54. The predicted octanol–water partition coefficient (Wildman–Crippen LogP) is 1.96. The van der Waals surface area contributed by atoms with E-state index in [1.54, 1.807) is 0 Å². The molecule has 110 valence electrons. The van der Waals surface area contributed by atoms with Crippen LogP contribution in [0, 0.1) is 0 Å². The maximum atomic E-state index is 12.5.